The third kappa shape index (κ3) is 3.43. The summed E-state index contributed by atoms with van der Waals surface area (Å²) in [5.41, 5.74) is -0.173. The quantitative estimate of drug-likeness (QED) is 0.792. The number of sulfonamides is 1. The van der Waals surface area contributed by atoms with Crippen molar-refractivity contribution in [1.29, 1.82) is 5.26 Å². The van der Waals surface area contributed by atoms with E-state index < -0.39 is 16.0 Å². The summed E-state index contributed by atoms with van der Waals surface area (Å²) in [6.45, 7) is -0.0167. The molecule has 1 aromatic rings. The summed E-state index contributed by atoms with van der Waals surface area (Å²) in [7, 11) is -3.78. The molecule has 0 aliphatic rings. The Morgan fingerprint density at radius 2 is 2.17 bits per heavy atom. The van der Waals surface area contributed by atoms with Crippen molar-refractivity contribution in [3.05, 3.63) is 28.8 Å². The van der Waals surface area contributed by atoms with Crippen LogP contribution in [0.15, 0.2) is 23.1 Å². The van der Waals surface area contributed by atoms with Crippen LogP contribution in [-0.2, 0) is 10.0 Å². The van der Waals surface area contributed by atoms with Gasteiger partial charge in [-0.05, 0) is 18.2 Å². The van der Waals surface area contributed by atoms with E-state index in [1.807, 2.05) is 0 Å². The number of carboxylic acid groups (broad SMARTS) is 1. The fourth-order valence-electron chi connectivity index (χ4n) is 1.16. The normalized spacial score (nSPS) is 10.9. The van der Waals surface area contributed by atoms with Crippen LogP contribution in [0.4, 0.5) is 0 Å². The Kier molecular flexibility index (Phi) is 4.67. The number of halogens is 1. The number of hydrogen-bond donors (Lipinski definition) is 2. The van der Waals surface area contributed by atoms with Crippen LogP contribution in [0.25, 0.3) is 0 Å². The molecule has 96 valence electrons. The van der Waals surface area contributed by atoms with Crippen molar-refractivity contribution in [2.75, 3.05) is 6.54 Å². The molecular formula is C10H9ClN2O4S. The molecular weight excluding hydrogens is 280 g/mol. The van der Waals surface area contributed by atoms with Gasteiger partial charge in [-0.2, -0.15) is 5.26 Å². The Labute approximate surface area is 109 Å². The van der Waals surface area contributed by atoms with Crippen LogP contribution in [-0.4, -0.2) is 26.0 Å². The number of rotatable bonds is 5. The number of hydrogen-bond acceptors (Lipinski definition) is 4. The minimum Gasteiger partial charge on any atom is -0.478 e. The molecule has 1 rings (SSSR count). The molecule has 0 aliphatic heterocycles. The molecule has 0 aromatic heterocycles. The second kappa shape index (κ2) is 5.82. The maximum Gasteiger partial charge on any atom is 0.337 e. The summed E-state index contributed by atoms with van der Waals surface area (Å²) in [4.78, 5) is 10.6. The highest BCUT2D eigenvalue weighted by molar-refractivity contribution is 7.89. The molecule has 6 nitrogen and oxygen atoms in total. The zero-order valence-corrected chi connectivity index (χ0v) is 10.6. The van der Waals surface area contributed by atoms with E-state index in [0.29, 0.717) is 0 Å². The van der Waals surface area contributed by atoms with Crippen LogP contribution in [0.2, 0.25) is 5.02 Å². The first kappa shape index (κ1) is 14.4. The summed E-state index contributed by atoms with van der Waals surface area (Å²) >= 11 is 5.67. The lowest BCUT2D eigenvalue weighted by atomic mass is 10.2. The van der Waals surface area contributed by atoms with Crippen molar-refractivity contribution in [3.8, 4) is 6.07 Å². The van der Waals surface area contributed by atoms with E-state index in [2.05, 4.69) is 4.72 Å². The van der Waals surface area contributed by atoms with Crippen molar-refractivity contribution in [2.24, 2.45) is 0 Å². The first-order chi connectivity index (χ1) is 8.38. The number of benzene rings is 1. The van der Waals surface area contributed by atoms with Gasteiger partial charge >= 0.3 is 5.97 Å². The van der Waals surface area contributed by atoms with E-state index in [0.717, 1.165) is 18.2 Å². The SMILES string of the molecule is N#CCCNS(=O)(=O)c1ccc(C(=O)O)c(Cl)c1. The van der Waals surface area contributed by atoms with E-state index >= 15 is 0 Å². The highest BCUT2D eigenvalue weighted by Crippen LogP contribution is 2.20. The van der Waals surface area contributed by atoms with Crippen LogP contribution in [0.1, 0.15) is 16.8 Å². The van der Waals surface area contributed by atoms with Crippen LogP contribution in [0.5, 0.6) is 0 Å². The summed E-state index contributed by atoms with van der Waals surface area (Å²) in [6, 6.07) is 5.11. The Morgan fingerprint density at radius 3 is 2.67 bits per heavy atom. The standard InChI is InChI=1S/C10H9ClN2O4S/c11-9-6-7(2-3-8(9)10(14)15)18(16,17)13-5-1-4-12/h2-3,6,13H,1,5H2,(H,14,15). The van der Waals surface area contributed by atoms with Crippen molar-refractivity contribution >= 4 is 27.6 Å². The second-order valence-corrected chi connectivity index (χ2v) is 5.43. The smallest absolute Gasteiger partial charge is 0.337 e. The molecule has 0 unspecified atom stereocenters. The van der Waals surface area contributed by atoms with E-state index in [9.17, 15) is 13.2 Å². The van der Waals surface area contributed by atoms with Gasteiger partial charge in [0.25, 0.3) is 0 Å². The highest BCUT2D eigenvalue weighted by atomic mass is 35.5. The molecule has 0 atom stereocenters. The lowest BCUT2D eigenvalue weighted by Crippen LogP contribution is -2.24. The van der Waals surface area contributed by atoms with Gasteiger partial charge in [0.1, 0.15) is 0 Å². The molecule has 0 aliphatic carbocycles. The van der Waals surface area contributed by atoms with Gasteiger partial charge in [0, 0.05) is 13.0 Å². The predicted octanol–water partition coefficient (Wildman–Crippen LogP) is 1.23. The lowest BCUT2D eigenvalue weighted by Gasteiger charge is -2.06. The zero-order chi connectivity index (χ0) is 13.8. The summed E-state index contributed by atoms with van der Waals surface area (Å²) in [5.74, 6) is -1.23. The third-order valence-electron chi connectivity index (χ3n) is 2.01. The second-order valence-electron chi connectivity index (χ2n) is 3.25. The monoisotopic (exact) mass is 288 g/mol. The van der Waals surface area contributed by atoms with E-state index in [-0.39, 0.29) is 28.4 Å². The molecule has 2 N–H and O–H groups in total. The van der Waals surface area contributed by atoms with Crippen molar-refractivity contribution in [2.45, 2.75) is 11.3 Å². The Morgan fingerprint density at radius 1 is 1.50 bits per heavy atom. The van der Waals surface area contributed by atoms with Gasteiger partial charge in [0.05, 0.1) is 21.6 Å². The maximum atomic E-state index is 11.7. The minimum absolute atomic E-state index is 0.0167. The Hall–Kier alpha value is -1.62. The van der Waals surface area contributed by atoms with Gasteiger partial charge in [-0.3, -0.25) is 0 Å². The molecule has 18 heavy (non-hydrogen) atoms. The summed E-state index contributed by atoms with van der Waals surface area (Å²) < 4.78 is 25.6. The van der Waals surface area contributed by atoms with Gasteiger partial charge in [0.15, 0.2) is 0 Å². The number of nitrogens with one attached hydrogen (secondary N) is 1. The fourth-order valence-corrected chi connectivity index (χ4v) is 2.54. The number of carbonyl (C=O) groups is 1. The summed E-state index contributed by atoms with van der Waals surface area (Å²) in [5, 5.41) is 16.9. The van der Waals surface area contributed by atoms with Gasteiger partial charge < -0.3 is 5.11 Å². The van der Waals surface area contributed by atoms with Crippen LogP contribution < -0.4 is 4.72 Å². The predicted molar refractivity (Wildman–Crippen MR) is 63.8 cm³/mol. The molecule has 0 heterocycles. The molecule has 0 amide bonds. The minimum atomic E-state index is -3.78. The molecule has 0 spiro atoms. The number of nitrogens with zero attached hydrogens (tertiary/aromatic N) is 1. The molecule has 0 bridgehead atoms. The first-order valence-corrected chi connectivity index (χ1v) is 6.64. The van der Waals surface area contributed by atoms with Crippen molar-refractivity contribution in [1.82, 2.24) is 4.72 Å². The molecule has 0 radical (unpaired) electrons. The van der Waals surface area contributed by atoms with E-state index in [4.69, 9.17) is 22.0 Å². The van der Waals surface area contributed by atoms with Gasteiger partial charge in [-0.15, -0.1) is 0 Å². The molecule has 0 saturated heterocycles. The molecule has 8 heteroatoms. The van der Waals surface area contributed by atoms with E-state index in [1.54, 1.807) is 6.07 Å². The lowest BCUT2D eigenvalue weighted by molar-refractivity contribution is 0.0697. The van der Waals surface area contributed by atoms with Crippen molar-refractivity contribution < 1.29 is 18.3 Å². The van der Waals surface area contributed by atoms with E-state index in [1.165, 1.54) is 0 Å². The topological polar surface area (TPSA) is 107 Å². The zero-order valence-electron chi connectivity index (χ0n) is 9.05. The number of carboxylic acids is 1. The fraction of sp³-hybridized carbons (Fsp3) is 0.200. The summed E-state index contributed by atoms with van der Waals surface area (Å²) in [6.07, 6.45) is 0.0418. The van der Waals surface area contributed by atoms with Gasteiger partial charge in [-0.25, -0.2) is 17.9 Å². The average Bonchev–Trinajstić information content (AvgIpc) is 2.28. The molecule has 1 aromatic carbocycles. The number of nitriles is 1. The molecule has 0 fully saturated rings. The van der Waals surface area contributed by atoms with Gasteiger partial charge in [0.2, 0.25) is 10.0 Å². The van der Waals surface area contributed by atoms with Crippen molar-refractivity contribution in [3.63, 3.8) is 0 Å². The first-order valence-electron chi connectivity index (χ1n) is 4.78. The average molecular weight is 289 g/mol. The number of aromatic carboxylic acids is 1. The Bertz CT molecular complexity index is 607. The van der Waals surface area contributed by atoms with Gasteiger partial charge in [-0.1, -0.05) is 11.6 Å². The maximum absolute atomic E-state index is 11.7. The largest absolute Gasteiger partial charge is 0.478 e. The highest BCUT2D eigenvalue weighted by Gasteiger charge is 2.17. The molecule has 0 saturated carbocycles. The Balaban J connectivity index is 3.01. The third-order valence-corrected chi connectivity index (χ3v) is 3.78. The van der Waals surface area contributed by atoms with Crippen LogP contribution in [0, 0.1) is 11.3 Å². The van der Waals surface area contributed by atoms with Crippen LogP contribution >= 0.6 is 11.6 Å². The van der Waals surface area contributed by atoms with Crippen LogP contribution in [0.3, 0.4) is 0 Å².